The highest BCUT2D eigenvalue weighted by atomic mass is 16.6. The Bertz CT molecular complexity index is 1530. The van der Waals surface area contributed by atoms with Gasteiger partial charge in [-0.05, 0) is 70.4 Å². The van der Waals surface area contributed by atoms with Gasteiger partial charge in [0.15, 0.2) is 0 Å². The molecule has 256 valence electrons. The summed E-state index contributed by atoms with van der Waals surface area (Å²) in [5, 5.41) is 15.6. The van der Waals surface area contributed by atoms with Crippen LogP contribution in [-0.2, 0) is 36.7 Å². The van der Waals surface area contributed by atoms with Gasteiger partial charge in [0.2, 0.25) is 11.8 Å². The zero-order chi connectivity index (χ0) is 35.5. The van der Waals surface area contributed by atoms with Crippen molar-refractivity contribution < 1.29 is 33.8 Å². The Morgan fingerprint density at radius 1 is 0.750 bits per heavy atom. The van der Waals surface area contributed by atoms with Gasteiger partial charge >= 0.3 is 12.1 Å². The molecule has 3 aromatic rings. The predicted octanol–water partition coefficient (Wildman–Crippen LogP) is 5.65. The fourth-order valence-corrected chi connectivity index (χ4v) is 4.96. The number of rotatable bonds is 13. The van der Waals surface area contributed by atoms with E-state index < -0.39 is 53.2 Å². The number of phenolic OH excluding ortho intramolecular Hbond substituents is 1. The number of amides is 3. The molecular weight excluding hydrogens is 610 g/mol. The van der Waals surface area contributed by atoms with E-state index in [2.05, 4.69) is 17.2 Å². The molecule has 0 aliphatic heterocycles. The van der Waals surface area contributed by atoms with Gasteiger partial charge in [-0.3, -0.25) is 9.59 Å². The highest BCUT2D eigenvalue weighted by Gasteiger charge is 2.38. The molecule has 0 fully saturated rings. The SMILES string of the molecule is C=CCN(C(=O)C(Cc1ccccc1)NC(=O)OC(C)(C)C)C(C(=O)NC(Cc1ccccc1)C(=O)OC(C)(C)C)c1ccc(O)cc1. The van der Waals surface area contributed by atoms with Crippen LogP contribution in [0.25, 0.3) is 0 Å². The predicted molar refractivity (Wildman–Crippen MR) is 184 cm³/mol. The average molecular weight is 658 g/mol. The molecule has 0 aliphatic carbocycles. The van der Waals surface area contributed by atoms with Crippen LogP contribution in [0, 0.1) is 0 Å². The van der Waals surface area contributed by atoms with Crippen molar-refractivity contribution in [2.75, 3.05) is 6.54 Å². The quantitative estimate of drug-likeness (QED) is 0.160. The van der Waals surface area contributed by atoms with E-state index in [9.17, 15) is 24.3 Å². The molecule has 0 saturated carbocycles. The van der Waals surface area contributed by atoms with Gasteiger partial charge in [0.05, 0.1) is 0 Å². The van der Waals surface area contributed by atoms with Crippen LogP contribution in [0.3, 0.4) is 0 Å². The molecule has 48 heavy (non-hydrogen) atoms. The van der Waals surface area contributed by atoms with Gasteiger partial charge in [0.1, 0.15) is 35.1 Å². The minimum Gasteiger partial charge on any atom is -0.508 e. The van der Waals surface area contributed by atoms with Crippen LogP contribution in [0.2, 0.25) is 0 Å². The molecule has 0 radical (unpaired) electrons. The molecule has 3 aromatic carbocycles. The monoisotopic (exact) mass is 657 g/mol. The molecule has 0 saturated heterocycles. The lowest BCUT2D eigenvalue weighted by Gasteiger charge is -2.35. The number of benzene rings is 3. The Hall–Kier alpha value is -5.12. The van der Waals surface area contributed by atoms with Crippen molar-refractivity contribution in [2.24, 2.45) is 0 Å². The summed E-state index contributed by atoms with van der Waals surface area (Å²) in [6.45, 7) is 14.1. The lowest BCUT2D eigenvalue weighted by Crippen LogP contribution is -2.55. The Labute approximate surface area is 283 Å². The zero-order valence-electron chi connectivity index (χ0n) is 28.6. The Kier molecular flexibility index (Phi) is 12.9. The third-order valence-corrected chi connectivity index (χ3v) is 6.94. The molecule has 0 heterocycles. The molecule has 0 bridgehead atoms. The van der Waals surface area contributed by atoms with Crippen molar-refractivity contribution in [1.29, 1.82) is 0 Å². The van der Waals surface area contributed by atoms with Crippen LogP contribution in [0.4, 0.5) is 4.79 Å². The molecule has 0 aliphatic rings. The van der Waals surface area contributed by atoms with Gasteiger partial charge in [-0.2, -0.15) is 0 Å². The van der Waals surface area contributed by atoms with Crippen molar-refractivity contribution >= 4 is 23.9 Å². The minimum absolute atomic E-state index is 0.0382. The molecule has 0 aromatic heterocycles. The van der Waals surface area contributed by atoms with Crippen LogP contribution < -0.4 is 10.6 Å². The summed E-state index contributed by atoms with van der Waals surface area (Å²) < 4.78 is 11.2. The van der Waals surface area contributed by atoms with Gasteiger partial charge in [0, 0.05) is 19.4 Å². The highest BCUT2D eigenvalue weighted by molar-refractivity contribution is 5.94. The summed E-state index contributed by atoms with van der Waals surface area (Å²) in [5.74, 6) is -1.93. The summed E-state index contributed by atoms with van der Waals surface area (Å²) in [5.41, 5.74) is 0.270. The van der Waals surface area contributed by atoms with Crippen LogP contribution in [0.15, 0.2) is 97.6 Å². The second kappa shape index (κ2) is 16.6. The van der Waals surface area contributed by atoms with Gasteiger partial charge in [-0.15, -0.1) is 6.58 Å². The summed E-state index contributed by atoms with van der Waals surface area (Å²) in [7, 11) is 0. The van der Waals surface area contributed by atoms with Crippen molar-refractivity contribution in [1.82, 2.24) is 15.5 Å². The van der Waals surface area contributed by atoms with E-state index in [0.29, 0.717) is 5.56 Å². The minimum atomic E-state index is -1.30. The number of esters is 1. The molecule has 10 nitrogen and oxygen atoms in total. The molecule has 3 N–H and O–H groups in total. The van der Waals surface area contributed by atoms with Gasteiger partial charge in [0.25, 0.3) is 0 Å². The maximum absolute atomic E-state index is 14.5. The van der Waals surface area contributed by atoms with Crippen LogP contribution in [0.1, 0.15) is 64.3 Å². The number of ether oxygens (including phenoxy) is 2. The third-order valence-electron chi connectivity index (χ3n) is 6.94. The fourth-order valence-electron chi connectivity index (χ4n) is 4.96. The lowest BCUT2D eigenvalue weighted by atomic mass is 9.99. The second-order valence-corrected chi connectivity index (χ2v) is 13.4. The summed E-state index contributed by atoms with van der Waals surface area (Å²) >= 11 is 0. The number of carbonyl (C=O) groups is 4. The largest absolute Gasteiger partial charge is 0.508 e. The number of nitrogens with one attached hydrogen (secondary N) is 2. The third kappa shape index (κ3) is 11.9. The Balaban J connectivity index is 2.07. The average Bonchev–Trinajstić information content (AvgIpc) is 3.00. The maximum atomic E-state index is 14.5. The number of carbonyl (C=O) groups excluding carboxylic acids is 4. The van der Waals surface area contributed by atoms with Crippen LogP contribution >= 0.6 is 0 Å². The lowest BCUT2D eigenvalue weighted by molar-refractivity contribution is -0.159. The maximum Gasteiger partial charge on any atom is 0.408 e. The smallest absolute Gasteiger partial charge is 0.408 e. The van der Waals surface area contributed by atoms with E-state index in [1.165, 1.54) is 35.2 Å². The molecule has 3 unspecified atom stereocenters. The number of hydrogen-bond acceptors (Lipinski definition) is 7. The topological polar surface area (TPSA) is 134 Å². The summed E-state index contributed by atoms with van der Waals surface area (Å²) in [6, 6.07) is 20.7. The first-order chi connectivity index (χ1) is 22.6. The first kappa shape index (κ1) is 37.3. The Morgan fingerprint density at radius 3 is 1.73 bits per heavy atom. The van der Waals surface area contributed by atoms with Crippen LogP contribution in [-0.4, -0.2) is 63.7 Å². The first-order valence-electron chi connectivity index (χ1n) is 15.9. The second-order valence-electron chi connectivity index (χ2n) is 13.4. The molecule has 3 rings (SSSR count). The van der Waals surface area contributed by atoms with Crippen molar-refractivity contribution in [3.05, 3.63) is 114 Å². The number of aromatic hydroxyl groups is 1. The molecule has 0 spiro atoms. The van der Waals surface area contributed by atoms with E-state index in [0.717, 1.165) is 11.1 Å². The molecular formula is C38H47N3O7. The van der Waals surface area contributed by atoms with Gasteiger partial charge < -0.3 is 30.1 Å². The number of phenols is 1. The standard InChI is InChI=1S/C38H47N3O7/c1-8-23-41(34(44)30(24-26-15-11-9-12-16-26)40-36(46)48-38(5,6)7)32(28-19-21-29(42)22-20-28)33(43)39-31(35(45)47-37(2,3)4)25-27-17-13-10-14-18-27/h8-22,30-32,42H,1,23-25H2,2-7H3,(H,39,43)(H,40,46). The van der Waals surface area contributed by atoms with Crippen molar-refractivity contribution in [3.8, 4) is 5.75 Å². The fraction of sp³-hybridized carbons (Fsp3) is 0.368. The van der Waals surface area contributed by atoms with Crippen LogP contribution in [0.5, 0.6) is 5.75 Å². The highest BCUT2D eigenvalue weighted by Crippen LogP contribution is 2.26. The Morgan fingerprint density at radius 2 is 1.25 bits per heavy atom. The first-order valence-corrected chi connectivity index (χ1v) is 15.9. The molecule has 10 heteroatoms. The zero-order valence-corrected chi connectivity index (χ0v) is 28.6. The number of alkyl carbamates (subject to hydrolysis) is 1. The van der Waals surface area contributed by atoms with E-state index in [1.807, 2.05) is 60.7 Å². The van der Waals surface area contributed by atoms with E-state index >= 15 is 0 Å². The number of nitrogens with zero attached hydrogens (tertiary/aromatic N) is 1. The van der Waals surface area contributed by atoms with Crippen molar-refractivity contribution in [2.45, 2.75) is 83.7 Å². The molecule has 3 amide bonds. The van der Waals surface area contributed by atoms with Crippen molar-refractivity contribution in [3.63, 3.8) is 0 Å². The van der Waals surface area contributed by atoms with E-state index in [4.69, 9.17) is 9.47 Å². The normalized spacial score (nSPS) is 13.3. The van der Waals surface area contributed by atoms with Gasteiger partial charge in [-0.25, -0.2) is 9.59 Å². The summed E-state index contributed by atoms with van der Waals surface area (Å²) in [6.07, 6.45) is 0.913. The molecule has 3 atom stereocenters. The van der Waals surface area contributed by atoms with E-state index in [-0.39, 0.29) is 25.1 Å². The number of hydrogen-bond donors (Lipinski definition) is 3. The summed E-state index contributed by atoms with van der Waals surface area (Å²) in [4.78, 5) is 56.6. The van der Waals surface area contributed by atoms with Gasteiger partial charge in [-0.1, -0.05) is 78.9 Å². The van der Waals surface area contributed by atoms with E-state index in [1.54, 1.807) is 41.5 Å².